The number of benzene rings is 2. The Bertz CT molecular complexity index is 1190. The van der Waals surface area contributed by atoms with E-state index in [1.807, 2.05) is 30.3 Å². The lowest BCUT2D eigenvalue weighted by Crippen LogP contribution is -2.49. The molecule has 0 spiro atoms. The molecule has 178 valence electrons. The molecule has 0 aliphatic rings. The van der Waals surface area contributed by atoms with Crippen molar-refractivity contribution >= 4 is 34.9 Å². The fourth-order valence-corrected chi connectivity index (χ4v) is 3.22. The van der Waals surface area contributed by atoms with Crippen LogP contribution in [-0.2, 0) is 32.1 Å². The minimum absolute atomic E-state index is 0.0210. The first-order valence-corrected chi connectivity index (χ1v) is 10.2. The van der Waals surface area contributed by atoms with E-state index in [4.69, 9.17) is 25.4 Å². The van der Waals surface area contributed by atoms with E-state index in [0.29, 0.717) is 16.5 Å². The molecule has 34 heavy (non-hydrogen) atoms. The molecule has 0 unspecified atom stereocenters. The van der Waals surface area contributed by atoms with Gasteiger partial charge in [0.25, 0.3) is 0 Å². The summed E-state index contributed by atoms with van der Waals surface area (Å²) in [7, 11) is 0. The molecular formula is C23H23N3O8. The van der Waals surface area contributed by atoms with Crippen molar-refractivity contribution in [3.8, 4) is 5.75 Å². The van der Waals surface area contributed by atoms with Gasteiger partial charge in [0.15, 0.2) is 0 Å². The molecule has 0 saturated heterocycles. The predicted octanol–water partition coefficient (Wildman–Crippen LogP) is 1.80. The predicted molar refractivity (Wildman–Crippen MR) is 119 cm³/mol. The van der Waals surface area contributed by atoms with E-state index >= 15 is 0 Å². The highest BCUT2D eigenvalue weighted by Gasteiger charge is 2.26. The van der Waals surface area contributed by atoms with Crippen molar-refractivity contribution in [2.45, 2.75) is 31.5 Å². The highest BCUT2D eigenvalue weighted by molar-refractivity contribution is 5.90. The quantitative estimate of drug-likeness (QED) is 0.218. The topological polar surface area (TPSA) is 181 Å². The average molecular weight is 469 g/mol. The van der Waals surface area contributed by atoms with Gasteiger partial charge in [-0.15, -0.1) is 0 Å². The zero-order chi connectivity index (χ0) is 24.7. The molecule has 3 aromatic rings. The summed E-state index contributed by atoms with van der Waals surface area (Å²) in [5.41, 5.74) is 8.04. The summed E-state index contributed by atoms with van der Waals surface area (Å²) in [6.07, 6.45) is -0.00871. The molecule has 2 atom stereocenters. The molecule has 11 heteroatoms. The zero-order valence-corrected chi connectivity index (χ0v) is 17.9. The van der Waals surface area contributed by atoms with Gasteiger partial charge >= 0.3 is 18.1 Å². The van der Waals surface area contributed by atoms with Crippen LogP contribution in [0.1, 0.15) is 17.5 Å². The Kier molecular flexibility index (Phi) is 7.83. The lowest BCUT2D eigenvalue weighted by molar-refractivity contribution is -0.147. The number of rotatable bonds is 10. The van der Waals surface area contributed by atoms with Gasteiger partial charge < -0.3 is 35.7 Å². The molecule has 0 fully saturated rings. The molecule has 1 heterocycles. The van der Waals surface area contributed by atoms with Gasteiger partial charge in [0.2, 0.25) is 5.91 Å². The van der Waals surface area contributed by atoms with Crippen molar-refractivity contribution < 1.29 is 38.9 Å². The summed E-state index contributed by atoms with van der Waals surface area (Å²) in [6.45, 7) is 0.0561. The lowest BCUT2D eigenvalue weighted by atomic mass is 10.0. The van der Waals surface area contributed by atoms with Crippen molar-refractivity contribution in [2.75, 3.05) is 0 Å². The number of carboxylic acid groups (broad SMARTS) is 2. The van der Waals surface area contributed by atoms with Crippen molar-refractivity contribution in [2.24, 2.45) is 5.73 Å². The number of aliphatic carboxylic acids is 2. The average Bonchev–Trinajstić information content (AvgIpc) is 3.19. The van der Waals surface area contributed by atoms with Gasteiger partial charge in [-0.05, 0) is 35.7 Å². The van der Waals surface area contributed by atoms with E-state index in [9.17, 15) is 19.2 Å². The maximum absolute atomic E-state index is 12.3. The number of amides is 1. The second-order valence-electron chi connectivity index (χ2n) is 7.46. The lowest BCUT2D eigenvalue weighted by Gasteiger charge is -2.16. The van der Waals surface area contributed by atoms with Crippen LogP contribution in [0.15, 0.2) is 54.7 Å². The fraction of sp³-hybridized carbons (Fsp3) is 0.217. The third-order valence-electron chi connectivity index (χ3n) is 4.91. The second-order valence-corrected chi connectivity index (χ2v) is 7.46. The van der Waals surface area contributed by atoms with E-state index < -0.39 is 42.5 Å². The first kappa shape index (κ1) is 24.3. The number of nitrogens with one attached hydrogen (secondary N) is 2. The van der Waals surface area contributed by atoms with E-state index in [1.54, 1.807) is 24.4 Å². The number of hydrogen-bond donors (Lipinski definition) is 5. The number of nitrogens with two attached hydrogens (primary N) is 1. The first-order chi connectivity index (χ1) is 16.2. The number of hydrogen-bond acceptors (Lipinski definition) is 7. The number of carboxylic acids is 2. The number of carbonyl (C=O) groups excluding carboxylic acids is 2. The Morgan fingerprint density at radius 1 is 1.06 bits per heavy atom. The highest BCUT2D eigenvalue weighted by atomic mass is 16.7. The normalized spacial score (nSPS) is 12.5. The summed E-state index contributed by atoms with van der Waals surface area (Å²) in [5.74, 6) is -3.43. The number of H-pyrrole nitrogens is 1. The Balaban J connectivity index is 1.64. The van der Waals surface area contributed by atoms with E-state index in [0.717, 1.165) is 5.56 Å². The largest absolute Gasteiger partial charge is 0.514 e. The monoisotopic (exact) mass is 469 g/mol. The summed E-state index contributed by atoms with van der Waals surface area (Å²) in [6, 6.07) is 11.2. The number of ether oxygens (including phenoxy) is 2. The molecule has 2 aromatic carbocycles. The van der Waals surface area contributed by atoms with Gasteiger partial charge in [0.05, 0.1) is 12.5 Å². The molecule has 1 amide bonds. The molecule has 6 N–H and O–H groups in total. The Labute approximate surface area is 193 Å². The third kappa shape index (κ3) is 6.56. The smallest absolute Gasteiger partial charge is 0.481 e. The van der Waals surface area contributed by atoms with Crippen LogP contribution >= 0.6 is 0 Å². The standard InChI is InChI=1S/C23H23N3O8/c24-17(21(29)26-19(22(30)31)10-20(27)28)8-14-11-25-18-7-6-15(9-16(14)18)34-23(32)33-12-13-4-2-1-3-5-13/h1-7,9,11,17,19,25H,8,10,12,24H2,(H,26,29)(H,27,28)(H,30,31)/t17-,19-/m0/s1. The summed E-state index contributed by atoms with van der Waals surface area (Å²) in [5, 5.41) is 20.6. The van der Waals surface area contributed by atoms with Gasteiger partial charge in [-0.1, -0.05) is 30.3 Å². The van der Waals surface area contributed by atoms with E-state index in [2.05, 4.69) is 10.3 Å². The van der Waals surface area contributed by atoms with Gasteiger partial charge in [0, 0.05) is 17.1 Å². The maximum atomic E-state index is 12.3. The van der Waals surface area contributed by atoms with Gasteiger partial charge in [-0.3, -0.25) is 9.59 Å². The molecule has 1 aromatic heterocycles. The van der Waals surface area contributed by atoms with Crippen molar-refractivity contribution in [3.63, 3.8) is 0 Å². The Hall–Kier alpha value is -4.38. The molecular weight excluding hydrogens is 446 g/mol. The van der Waals surface area contributed by atoms with Gasteiger partial charge in [-0.25, -0.2) is 9.59 Å². The maximum Gasteiger partial charge on any atom is 0.514 e. The van der Waals surface area contributed by atoms with Gasteiger partial charge in [-0.2, -0.15) is 0 Å². The summed E-state index contributed by atoms with van der Waals surface area (Å²) < 4.78 is 10.3. The SMILES string of the molecule is N[C@@H](Cc1c[nH]c2ccc(OC(=O)OCc3ccccc3)cc12)C(=O)N[C@@H](CC(=O)O)C(=O)O. The molecule has 0 radical (unpaired) electrons. The van der Waals surface area contributed by atoms with Crippen LogP contribution < -0.4 is 15.8 Å². The highest BCUT2D eigenvalue weighted by Crippen LogP contribution is 2.25. The molecule has 3 rings (SSSR count). The van der Waals surface area contributed by atoms with Crippen LogP contribution in [0.3, 0.4) is 0 Å². The summed E-state index contributed by atoms with van der Waals surface area (Å²) in [4.78, 5) is 49.3. The van der Waals surface area contributed by atoms with Crippen LogP contribution in [0.4, 0.5) is 4.79 Å². The number of aromatic amines is 1. The number of carbonyl (C=O) groups is 4. The second kappa shape index (κ2) is 11.0. The molecule has 0 aliphatic carbocycles. The van der Waals surface area contributed by atoms with Crippen LogP contribution in [0, 0.1) is 0 Å². The Morgan fingerprint density at radius 2 is 1.79 bits per heavy atom. The number of aromatic nitrogens is 1. The van der Waals surface area contributed by atoms with Crippen molar-refractivity contribution in [3.05, 3.63) is 65.9 Å². The third-order valence-corrected chi connectivity index (χ3v) is 4.91. The van der Waals surface area contributed by atoms with Crippen LogP contribution in [0.2, 0.25) is 0 Å². The fourth-order valence-electron chi connectivity index (χ4n) is 3.22. The minimum Gasteiger partial charge on any atom is -0.481 e. The number of fused-ring (bicyclic) bond motifs is 1. The minimum atomic E-state index is -1.60. The first-order valence-electron chi connectivity index (χ1n) is 10.2. The Morgan fingerprint density at radius 3 is 2.47 bits per heavy atom. The van der Waals surface area contributed by atoms with E-state index in [-0.39, 0.29) is 18.8 Å². The molecule has 11 nitrogen and oxygen atoms in total. The molecule has 0 saturated carbocycles. The van der Waals surface area contributed by atoms with E-state index in [1.165, 1.54) is 0 Å². The van der Waals surface area contributed by atoms with Gasteiger partial charge in [0.1, 0.15) is 18.4 Å². The summed E-state index contributed by atoms with van der Waals surface area (Å²) >= 11 is 0. The zero-order valence-electron chi connectivity index (χ0n) is 17.9. The molecule has 0 aliphatic heterocycles. The van der Waals surface area contributed by atoms with Crippen LogP contribution in [-0.4, -0.2) is 51.3 Å². The van der Waals surface area contributed by atoms with Crippen molar-refractivity contribution in [1.29, 1.82) is 0 Å². The van der Waals surface area contributed by atoms with Crippen LogP contribution in [0.5, 0.6) is 5.75 Å². The van der Waals surface area contributed by atoms with Crippen molar-refractivity contribution in [1.82, 2.24) is 10.3 Å². The van der Waals surface area contributed by atoms with Crippen LogP contribution in [0.25, 0.3) is 10.9 Å². The molecule has 0 bridgehead atoms.